The molecule has 1 aromatic heterocycles. The van der Waals surface area contributed by atoms with Crippen molar-refractivity contribution in [2.45, 2.75) is 38.9 Å². The second kappa shape index (κ2) is 8.61. The highest BCUT2D eigenvalue weighted by atomic mass is 35.5. The van der Waals surface area contributed by atoms with E-state index < -0.39 is 0 Å². The molecule has 1 saturated heterocycles. The Balaban J connectivity index is 1.71. The largest absolute Gasteiger partial charge is 0.299 e. The number of hydrogen-bond acceptors (Lipinski definition) is 3. The van der Waals surface area contributed by atoms with E-state index in [-0.39, 0.29) is 0 Å². The number of nitrogens with zero attached hydrogens (tertiary/aromatic N) is 3. The summed E-state index contributed by atoms with van der Waals surface area (Å²) < 4.78 is 0. The number of likely N-dealkylation sites (N-methyl/N-ethyl adjacent to an activating group) is 1. The van der Waals surface area contributed by atoms with Crippen LogP contribution in [0.3, 0.4) is 0 Å². The van der Waals surface area contributed by atoms with Crippen molar-refractivity contribution in [1.29, 1.82) is 0 Å². The van der Waals surface area contributed by atoms with Crippen LogP contribution in [0.5, 0.6) is 0 Å². The number of halogens is 1. The smallest absolute Gasteiger partial charge is 0.0406 e. The zero-order chi connectivity index (χ0) is 16.8. The number of aromatic nitrogens is 1. The molecule has 0 amide bonds. The van der Waals surface area contributed by atoms with Crippen molar-refractivity contribution in [2.24, 2.45) is 0 Å². The van der Waals surface area contributed by atoms with Gasteiger partial charge in [-0.05, 0) is 61.3 Å². The Morgan fingerprint density at radius 3 is 2.42 bits per heavy atom. The SMILES string of the molecule is CCN1CCC[C@H]1CN(Cc1ccncc1)Cc1ccc(Cl)cc1. The molecule has 0 aliphatic carbocycles. The Hall–Kier alpha value is -1.42. The molecule has 1 aliphatic rings. The predicted octanol–water partition coefficient (Wildman–Crippen LogP) is 4.22. The van der Waals surface area contributed by atoms with Gasteiger partial charge in [0.15, 0.2) is 0 Å². The molecule has 128 valence electrons. The van der Waals surface area contributed by atoms with Crippen LogP contribution in [-0.4, -0.2) is 40.5 Å². The Morgan fingerprint density at radius 1 is 1.08 bits per heavy atom. The van der Waals surface area contributed by atoms with Crippen molar-refractivity contribution >= 4 is 11.6 Å². The van der Waals surface area contributed by atoms with Gasteiger partial charge >= 0.3 is 0 Å². The third kappa shape index (κ3) is 4.79. The Labute approximate surface area is 150 Å². The monoisotopic (exact) mass is 343 g/mol. The molecule has 4 heteroatoms. The number of pyridine rings is 1. The molecule has 0 bridgehead atoms. The van der Waals surface area contributed by atoms with Crippen molar-refractivity contribution in [3.8, 4) is 0 Å². The maximum atomic E-state index is 6.03. The van der Waals surface area contributed by atoms with E-state index in [4.69, 9.17) is 11.6 Å². The van der Waals surface area contributed by atoms with Crippen LogP contribution in [0, 0.1) is 0 Å². The van der Waals surface area contributed by atoms with Crippen molar-refractivity contribution in [3.63, 3.8) is 0 Å². The quantitative estimate of drug-likeness (QED) is 0.750. The van der Waals surface area contributed by atoms with Crippen LogP contribution in [-0.2, 0) is 13.1 Å². The maximum absolute atomic E-state index is 6.03. The molecule has 3 rings (SSSR count). The lowest BCUT2D eigenvalue weighted by atomic mass is 10.1. The van der Waals surface area contributed by atoms with Gasteiger partial charge in [-0.15, -0.1) is 0 Å². The molecule has 3 nitrogen and oxygen atoms in total. The minimum absolute atomic E-state index is 0.670. The van der Waals surface area contributed by atoms with Gasteiger partial charge in [0.2, 0.25) is 0 Å². The van der Waals surface area contributed by atoms with Gasteiger partial charge in [0.05, 0.1) is 0 Å². The molecule has 1 aliphatic heterocycles. The van der Waals surface area contributed by atoms with Crippen LogP contribution in [0.2, 0.25) is 5.02 Å². The summed E-state index contributed by atoms with van der Waals surface area (Å²) in [5.41, 5.74) is 2.63. The standard InChI is InChI=1S/C20H26ClN3/c1-2-24-13-3-4-20(24)16-23(15-18-9-11-22-12-10-18)14-17-5-7-19(21)8-6-17/h5-12,20H,2-4,13-16H2,1H3/t20-/m0/s1. The van der Waals surface area contributed by atoms with Gasteiger partial charge in [-0.3, -0.25) is 14.8 Å². The van der Waals surface area contributed by atoms with Gasteiger partial charge in [-0.2, -0.15) is 0 Å². The first-order chi connectivity index (χ1) is 11.7. The van der Waals surface area contributed by atoms with E-state index in [0.29, 0.717) is 6.04 Å². The molecule has 2 heterocycles. The van der Waals surface area contributed by atoms with E-state index in [1.54, 1.807) is 0 Å². The molecule has 24 heavy (non-hydrogen) atoms. The van der Waals surface area contributed by atoms with Crippen molar-refractivity contribution < 1.29 is 0 Å². The molecule has 0 unspecified atom stereocenters. The molecule has 0 radical (unpaired) electrons. The molecule has 2 aromatic rings. The summed E-state index contributed by atoms with van der Waals surface area (Å²) >= 11 is 6.03. The molecule has 1 fully saturated rings. The average molecular weight is 344 g/mol. The molecule has 1 aromatic carbocycles. The first-order valence-electron chi connectivity index (χ1n) is 8.84. The van der Waals surface area contributed by atoms with Gasteiger partial charge in [0.1, 0.15) is 0 Å². The van der Waals surface area contributed by atoms with Crippen molar-refractivity contribution in [2.75, 3.05) is 19.6 Å². The normalized spacial score (nSPS) is 18.4. The Kier molecular flexibility index (Phi) is 6.24. The van der Waals surface area contributed by atoms with Gasteiger partial charge in [0.25, 0.3) is 0 Å². The number of rotatable bonds is 7. The van der Waals surface area contributed by atoms with Crippen LogP contribution in [0.25, 0.3) is 0 Å². The number of likely N-dealkylation sites (tertiary alicyclic amines) is 1. The molecule has 1 atom stereocenters. The first-order valence-corrected chi connectivity index (χ1v) is 9.22. The molecule has 0 N–H and O–H groups in total. The summed E-state index contributed by atoms with van der Waals surface area (Å²) in [5, 5.41) is 0.799. The second-order valence-electron chi connectivity index (χ2n) is 6.58. The van der Waals surface area contributed by atoms with Crippen molar-refractivity contribution in [3.05, 3.63) is 64.9 Å². The maximum Gasteiger partial charge on any atom is 0.0406 e. The number of hydrogen-bond donors (Lipinski definition) is 0. The van der Waals surface area contributed by atoms with Crippen LogP contribution in [0.15, 0.2) is 48.8 Å². The zero-order valence-electron chi connectivity index (χ0n) is 14.4. The van der Waals surface area contributed by atoms with Gasteiger partial charge in [-0.1, -0.05) is 30.7 Å². The Bertz CT molecular complexity index is 615. The van der Waals surface area contributed by atoms with Crippen LogP contribution in [0.4, 0.5) is 0 Å². The molecular weight excluding hydrogens is 318 g/mol. The van der Waals surface area contributed by atoms with E-state index in [9.17, 15) is 0 Å². The highest BCUT2D eigenvalue weighted by Crippen LogP contribution is 2.20. The number of benzene rings is 1. The van der Waals surface area contributed by atoms with Crippen LogP contribution < -0.4 is 0 Å². The lowest BCUT2D eigenvalue weighted by Crippen LogP contribution is -2.39. The summed E-state index contributed by atoms with van der Waals surface area (Å²) in [4.78, 5) is 9.30. The van der Waals surface area contributed by atoms with E-state index in [0.717, 1.165) is 31.2 Å². The van der Waals surface area contributed by atoms with Crippen molar-refractivity contribution in [1.82, 2.24) is 14.8 Å². The summed E-state index contributed by atoms with van der Waals surface area (Å²) in [6, 6.07) is 13.1. The van der Waals surface area contributed by atoms with Crippen LogP contribution >= 0.6 is 11.6 Å². The zero-order valence-corrected chi connectivity index (χ0v) is 15.1. The summed E-state index contributed by atoms with van der Waals surface area (Å²) in [5.74, 6) is 0. The van der Waals surface area contributed by atoms with E-state index in [1.165, 1.54) is 30.5 Å². The highest BCUT2D eigenvalue weighted by Gasteiger charge is 2.25. The Morgan fingerprint density at radius 2 is 1.75 bits per heavy atom. The molecular formula is C20H26ClN3. The minimum atomic E-state index is 0.670. The van der Waals surface area contributed by atoms with E-state index in [2.05, 4.69) is 46.0 Å². The fourth-order valence-corrected chi connectivity index (χ4v) is 3.72. The first kappa shape index (κ1) is 17.4. The highest BCUT2D eigenvalue weighted by molar-refractivity contribution is 6.30. The lowest BCUT2D eigenvalue weighted by molar-refractivity contribution is 0.166. The summed E-state index contributed by atoms with van der Waals surface area (Å²) in [6.45, 7) is 7.68. The third-order valence-electron chi connectivity index (χ3n) is 4.85. The fraction of sp³-hybridized carbons (Fsp3) is 0.450. The topological polar surface area (TPSA) is 19.4 Å². The molecule has 0 saturated carbocycles. The van der Waals surface area contributed by atoms with Crippen LogP contribution in [0.1, 0.15) is 30.9 Å². The molecule has 0 spiro atoms. The van der Waals surface area contributed by atoms with E-state index in [1.807, 2.05) is 24.5 Å². The van der Waals surface area contributed by atoms with Gasteiger partial charge in [0, 0.05) is 43.1 Å². The summed E-state index contributed by atoms with van der Waals surface area (Å²) in [6.07, 6.45) is 6.39. The fourth-order valence-electron chi connectivity index (χ4n) is 3.60. The third-order valence-corrected chi connectivity index (χ3v) is 5.10. The average Bonchev–Trinajstić information content (AvgIpc) is 3.05. The second-order valence-corrected chi connectivity index (χ2v) is 7.01. The summed E-state index contributed by atoms with van der Waals surface area (Å²) in [7, 11) is 0. The predicted molar refractivity (Wildman–Crippen MR) is 100 cm³/mol. The lowest BCUT2D eigenvalue weighted by Gasteiger charge is -2.30. The van der Waals surface area contributed by atoms with E-state index >= 15 is 0 Å². The minimum Gasteiger partial charge on any atom is -0.299 e. The van der Waals surface area contributed by atoms with Gasteiger partial charge < -0.3 is 0 Å². The van der Waals surface area contributed by atoms with Gasteiger partial charge in [-0.25, -0.2) is 0 Å².